The summed E-state index contributed by atoms with van der Waals surface area (Å²) in [6.45, 7) is 1.68. The van der Waals surface area contributed by atoms with Crippen LogP contribution in [0.5, 0.6) is 11.5 Å². The Hall–Kier alpha value is -2.04. The number of benzene rings is 1. The lowest BCUT2D eigenvalue weighted by atomic mass is 9.81. The average Bonchev–Trinajstić information content (AvgIpc) is 2.63. The second kappa shape index (κ2) is 4.33. The topological polar surface area (TPSA) is 61.8 Å². The molecule has 1 unspecified atom stereocenters. The number of hydrogen-bond acceptors (Lipinski definition) is 5. The summed E-state index contributed by atoms with van der Waals surface area (Å²) in [5, 5.41) is 0. The van der Waals surface area contributed by atoms with Crippen molar-refractivity contribution in [1.82, 2.24) is 0 Å². The van der Waals surface area contributed by atoms with Crippen LogP contribution in [0.3, 0.4) is 0 Å². The molecule has 0 aromatic heterocycles. The highest BCUT2D eigenvalue weighted by atomic mass is 16.6. The fourth-order valence-electron chi connectivity index (χ4n) is 2.01. The molecule has 1 aromatic rings. The summed E-state index contributed by atoms with van der Waals surface area (Å²) >= 11 is 0. The van der Waals surface area contributed by atoms with Crippen molar-refractivity contribution < 1.29 is 23.8 Å². The van der Waals surface area contributed by atoms with Crippen LogP contribution in [0.4, 0.5) is 0 Å². The monoisotopic (exact) mass is 250 g/mol. The lowest BCUT2D eigenvalue weighted by Gasteiger charge is -2.19. The largest absolute Gasteiger partial charge is 0.493 e. The van der Waals surface area contributed by atoms with Gasteiger partial charge in [-0.15, -0.1) is 0 Å². The van der Waals surface area contributed by atoms with Gasteiger partial charge >= 0.3 is 11.9 Å². The fraction of sp³-hybridized carbons (Fsp3) is 0.385. The first-order chi connectivity index (χ1) is 8.51. The van der Waals surface area contributed by atoms with Crippen LogP contribution in [0.1, 0.15) is 18.9 Å². The van der Waals surface area contributed by atoms with E-state index in [1.807, 2.05) is 0 Å². The van der Waals surface area contributed by atoms with Gasteiger partial charge in [0.1, 0.15) is 5.41 Å². The number of carbonyl (C=O) groups excluding carboxylic acids is 2. The van der Waals surface area contributed by atoms with Gasteiger partial charge in [-0.25, -0.2) is 0 Å². The summed E-state index contributed by atoms with van der Waals surface area (Å²) in [5.74, 6) is 0.0583. The first-order valence-electron chi connectivity index (χ1n) is 5.49. The van der Waals surface area contributed by atoms with E-state index < -0.39 is 17.4 Å². The quantitative estimate of drug-likeness (QED) is 0.600. The van der Waals surface area contributed by atoms with Gasteiger partial charge in [-0.1, -0.05) is 6.07 Å². The predicted molar refractivity (Wildman–Crippen MR) is 62.6 cm³/mol. The summed E-state index contributed by atoms with van der Waals surface area (Å²) in [6, 6.07) is 5.13. The molecule has 0 N–H and O–H groups in total. The van der Waals surface area contributed by atoms with Crippen LogP contribution in [0.2, 0.25) is 0 Å². The Labute approximate surface area is 105 Å². The lowest BCUT2D eigenvalue weighted by molar-refractivity contribution is -0.153. The van der Waals surface area contributed by atoms with Crippen molar-refractivity contribution in [2.24, 2.45) is 0 Å². The molecule has 1 atom stereocenters. The van der Waals surface area contributed by atoms with Gasteiger partial charge < -0.3 is 14.2 Å². The molecule has 1 fully saturated rings. The second-order valence-electron chi connectivity index (χ2n) is 4.34. The van der Waals surface area contributed by atoms with Gasteiger partial charge in [0.2, 0.25) is 0 Å². The van der Waals surface area contributed by atoms with Crippen molar-refractivity contribution in [3.63, 3.8) is 0 Å². The van der Waals surface area contributed by atoms with E-state index in [-0.39, 0.29) is 6.42 Å². The van der Waals surface area contributed by atoms with E-state index in [0.29, 0.717) is 17.1 Å². The van der Waals surface area contributed by atoms with Gasteiger partial charge in [-0.3, -0.25) is 9.59 Å². The zero-order valence-electron chi connectivity index (χ0n) is 10.5. The summed E-state index contributed by atoms with van der Waals surface area (Å²) in [7, 11) is 3.05. The standard InChI is InChI=1S/C13H14O5/c1-13(7-11(14)18-12(13)15)8-4-5-9(16-2)10(6-8)17-3/h4-6H,7H2,1-3H3. The Morgan fingerprint density at radius 2 is 1.83 bits per heavy atom. The zero-order valence-corrected chi connectivity index (χ0v) is 10.5. The minimum Gasteiger partial charge on any atom is -0.493 e. The molecular weight excluding hydrogens is 236 g/mol. The molecular formula is C13H14O5. The normalized spacial score (nSPS) is 22.8. The molecule has 0 spiro atoms. The van der Waals surface area contributed by atoms with E-state index in [9.17, 15) is 9.59 Å². The smallest absolute Gasteiger partial charge is 0.324 e. The fourth-order valence-corrected chi connectivity index (χ4v) is 2.01. The van der Waals surface area contributed by atoms with Gasteiger partial charge in [0, 0.05) is 0 Å². The van der Waals surface area contributed by atoms with E-state index in [4.69, 9.17) is 9.47 Å². The predicted octanol–water partition coefficient (Wildman–Crippen LogP) is 1.43. The van der Waals surface area contributed by atoms with Crippen LogP contribution in [-0.4, -0.2) is 26.2 Å². The van der Waals surface area contributed by atoms with Crippen molar-refractivity contribution in [1.29, 1.82) is 0 Å². The molecule has 2 rings (SSSR count). The molecule has 0 saturated carbocycles. The molecule has 1 saturated heterocycles. The summed E-state index contributed by atoms with van der Waals surface area (Å²) in [6.07, 6.45) is 0.0430. The van der Waals surface area contributed by atoms with Gasteiger partial charge in [-0.2, -0.15) is 0 Å². The number of rotatable bonds is 3. The zero-order chi connectivity index (χ0) is 13.3. The Morgan fingerprint density at radius 3 is 2.33 bits per heavy atom. The number of methoxy groups -OCH3 is 2. The highest BCUT2D eigenvalue weighted by Crippen LogP contribution is 2.38. The first-order valence-corrected chi connectivity index (χ1v) is 5.49. The van der Waals surface area contributed by atoms with Gasteiger partial charge in [0.15, 0.2) is 11.5 Å². The number of hydrogen-bond donors (Lipinski definition) is 0. The van der Waals surface area contributed by atoms with E-state index in [2.05, 4.69) is 4.74 Å². The van der Waals surface area contributed by atoms with Crippen LogP contribution < -0.4 is 9.47 Å². The summed E-state index contributed by atoms with van der Waals surface area (Å²) in [5.41, 5.74) is -0.271. The maximum atomic E-state index is 11.7. The van der Waals surface area contributed by atoms with Crippen molar-refractivity contribution >= 4 is 11.9 Å². The molecule has 5 nitrogen and oxygen atoms in total. The van der Waals surface area contributed by atoms with E-state index >= 15 is 0 Å². The minimum atomic E-state index is -0.948. The van der Waals surface area contributed by atoms with Crippen LogP contribution in [-0.2, 0) is 19.7 Å². The molecule has 0 radical (unpaired) electrons. The van der Waals surface area contributed by atoms with Crippen molar-refractivity contribution in [3.8, 4) is 11.5 Å². The molecule has 1 heterocycles. The third kappa shape index (κ3) is 1.81. The Balaban J connectivity index is 2.45. The highest BCUT2D eigenvalue weighted by molar-refractivity contribution is 6.00. The molecule has 5 heteroatoms. The Kier molecular flexibility index (Phi) is 2.98. The minimum absolute atomic E-state index is 0.0430. The average molecular weight is 250 g/mol. The van der Waals surface area contributed by atoms with Gasteiger partial charge in [0.05, 0.1) is 20.6 Å². The molecule has 18 heavy (non-hydrogen) atoms. The first kappa shape index (κ1) is 12.4. The van der Waals surface area contributed by atoms with Gasteiger partial charge in [-0.05, 0) is 24.6 Å². The van der Waals surface area contributed by atoms with Crippen LogP contribution >= 0.6 is 0 Å². The lowest BCUT2D eigenvalue weighted by Crippen LogP contribution is -2.27. The van der Waals surface area contributed by atoms with E-state index in [1.54, 1.807) is 25.1 Å². The summed E-state index contributed by atoms with van der Waals surface area (Å²) < 4.78 is 14.9. The van der Waals surface area contributed by atoms with Crippen molar-refractivity contribution in [2.75, 3.05) is 14.2 Å². The van der Waals surface area contributed by atoms with Crippen LogP contribution in [0.15, 0.2) is 18.2 Å². The molecule has 1 aliphatic rings. The third-order valence-electron chi connectivity index (χ3n) is 3.18. The number of esters is 2. The third-order valence-corrected chi connectivity index (χ3v) is 3.18. The Bertz CT molecular complexity index is 508. The molecule has 0 amide bonds. The maximum Gasteiger partial charge on any atom is 0.324 e. The summed E-state index contributed by atoms with van der Waals surface area (Å²) in [4.78, 5) is 23.0. The number of cyclic esters (lactones) is 2. The van der Waals surface area contributed by atoms with Crippen LogP contribution in [0, 0.1) is 0 Å². The molecule has 0 aliphatic carbocycles. The number of ether oxygens (including phenoxy) is 3. The van der Waals surface area contributed by atoms with Crippen molar-refractivity contribution in [2.45, 2.75) is 18.8 Å². The second-order valence-corrected chi connectivity index (χ2v) is 4.34. The molecule has 0 bridgehead atoms. The van der Waals surface area contributed by atoms with Gasteiger partial charge in [0.25, 0.3) is 0 Å². The highest BCUT2D eigenvalue weighted by Gasteiger charge is 2.46. The maximum absolute atomic E-state index is 11.7. The van der Waals surface area contributed by atoms with Crippen molar-refractivity contribution in [3.05, 3.63) is 23.8 Å². The van der Waals surface area contributed by atoms with E-state index in [1.165, 1.54) is 14.2 Å². The number of carbonyl (C=O) groups is 2. The molecule has 96 valence electrons. The van der Waals surface area contributed by atoms with E-state index in [0.717, 1.165) is 0 Å². The van der Waals surface area contributed by atoms with Crippen LogP contribution in [0.25, 0.3) is 0 Å². The molecule has 1 aliphatic heterocycles. The SMILES string of the molecule is COc1ccc(C2(C)CC(=O)OC2=O)cc1OC. The Morgan fingerprint density at radius 1 is 1.17 bits per heavy atom. The molecule has 1 aromatic carbocycles.